The fraction of sp³-hybridized carbons (Fsp3) is 0.789. The van der Waals surface area contributed by atoms with Crippen molar-refractivity contribution in [1.82, 2.24) is 20.2 Å². The minimum atomic E-state index is 0.696. The quantitative estimate of drug-likeness (QED) is 0.898. The molecule has 0 bridgehead atoms. The Bertz CT molecular complexity index is 519. The molecule has 2 saturated carbocycles. The summed E-state index contributed by atoms with van der Waals surface area (Å²) in [6, 6.07) is 0.696. The van der Waals surface area contributed by atoms with Gasteiger partial charge in [0.05, 0.1) is 0 Å². The average Bonchev–Trinajstić information content (AvgIpc) is 3.47. The molecule has 1 N–H and O–H groups in total. The zero-order valence-electron chi connectivity index (χ0n) is 15.0. The van der Waals surface area contributed by atoms with Crippen LogP contribution in [0.2, 0.25) is 0 Å². The van der Waals surface area contributed by atoms with Gasteiger partial charge in [-0.15, -0.1) is 0 Å². The fourth-order valence-electron chi connectivity index (χ4n) is 4.28. The number of nitrogens with one attached hydrogen (secondary N) is 1. The van der Waals surface area contributed by atoms with Gasteiger partial charge in [0.2, 0.25) is 5.95 Å². The lowest BCUT2D eigenvalue weighted by atomic mass is 9.82. The van der Waals surface area contributed by atoms with Crippen molar-refractivity contribution in [2.75, 3.05) is 38.1 Å². The maximum absolute atomic E-state index is 4.60. The topological polar surface area (TPSA) is 44.3 Å². The van der Waals surface area contributed by atoms with Crippen LogP contribution in [0.3, 0.4) is 0 Å². The van der Waals surface area contributed by atoms with E-state index in [9.17, 15) is 0 Å². The molecule has 0 spiro atoms. The van der Waals surface area contributed by atoms with E-state index in [0.29, 0.717) is 6.04 Å². The van der Waals surface area contributed by atoms with Crippen LogP contribution in [0.15, 0.2) is 12.4 Å². The zero-order chi connectivity index (χ0) is 16.4. The highest BCUT2D eigenvalue weighted by Gasteiger charge is 2.34. The van der Waals surface area contributed by atoms with E-state index in [1.54, 1.807) is 0 Å². The molecule has 1 saturated heterocycles. The van der Waals surface area contributed by atoms with Crippen molar-refractivity contribution < 1.29 is 0 Å². The largest absolute Gasteiger partial charge is 0.338 e. The normalized spacial score (nSPS) is 29.0. The lowest BCUT2D eigenvalue weighted by molar-refractivity contribution is 0.260. The highest BCUT2D eigenvalue weighted by molar-refractivity contribution is 5.30. The summed E-state index contributed by atoms with van der Waals surface area (Å²) < 4.78 is 0. The fourth-order valence-corrected chi connectivity index (χ4v) is 4.28. The molecule has 2 atom stereocenters. The molecule has 1 aromatic heterocycles. The van der Waals surface area contributed by atoms with E-state index in [0.717, 1.165) is 50.5 Å². The average molecular weight is 329 g/mol. The minimum Gasteiger partial charge on any atom is -0.338 e. The van der Waals surface area contributed by atoms with Crippen LogP contribution >= 0.6 is 0 Å². The zero-order valence-corrected chi connectivity index (χ0v) is 15.0. The van der Waals surface area contributed by atoms with E-state index in [1.807, 2.05) is 12.4 Å². The number of hydrogen-bond acceptors (Lipinski definition) is 5. The Morgan fingerprint density at radius 3 is 2.46 bits per heavy atom. The first-order valence-electron chi connectivity index (χ1n) is 9.76. The third kappa shape index (κ3) is 4.06. The van der Waals surface area contributed by atoms with Crippen LogP contribution in [0.1, 0.15) is 44.1 Å². The lowest BCUT2D eigenvalue weighted by Gasteiger charge is -2.32. The Morgan fingerprint density at radius 2 is 1.75 bits per heavy atom. The summed E-state index contributed by atoms with van der Waals surface area (Å²) in [6.07, 6.45) is 12.6. The molecule has 0 aromatic carbocycles. The number of nitrogens with zero attached hydrogens (tertiary/aromatic N) is 4. The highest BCUT2D eigenvalue weighted by Crippen LogP contribution is 2.43. The van der Waals surface area contributed by atoms with Gasteiger partial charge in [-0.1, -0.05) is 12.8 Å². The summed E-state index contributed by atoms with van der Waals surface area (Å²) in [6.45, 7) is 5.15. The number of aromatic nitrogens is 2. The van der Waals surface area contributed by atoms with E-state index < -0.39 is 0 Å². The van der Waals surface area contributed by atoms with Crippen molar-refractivity contribution in [3.05, 3.63) is 18.0 Å². The Balaban J connectivity index is 1.26. The van der Waals surface area contributed by atoms with Crippen molar-refractivity contribution in [1.29, 1.82) is 0 Å². The molecule has 5 heteroatoms. The monoisotopic (exact) mass is 329 g/mol. The van der Waals surface area contributed by atoms with Gasteiger partial charge in [0.15, 0.2) is 0 Å². The molecule has 3 fully saturated rings. The maximum atomic E-state index is 4.60. The van der Waals surface area contributed by atoms with Gasteiger partial charge >= 0.3 is 0 Å². The first-order valence-corrected chi connectivity index (χ1v) is 9.76. The Labute approximate surface area is 145 Å². The summed E-state index contributed by atoms with van der Waals surface area (Å²) >= 11 is 0. The smallest absolute Gasteiger partial charge is 0.225 e. The van der Waals surface area contributed by atoms with Gasteiger partial charge in [0.1, 0.15) is 0 Å². The van der Waals surface area contributed by atoms with Gasteiger partial charge in [-0.2, -0.15) is 0 Å². The van der Waals surface area contributed by atoms with E-state index in [4.69, 9.17) is 0 Å². The molecule has 2 heterocycles. The summed E-state index contributed by atoms with van der Waals surface area (Å²) in [7, 11) is 2.17. The summed E-state index contributed by atoms with van der Waals surface area (Å²) in [5, 5.41) is 3.76. The van der Waals surface area contributed by atoms with Crippen molar-refractivity contribution in [2.45, 2.75) is 51.1 Å². The molecular formula is C19H31N5. The van der Waals surface area contributed by atoms with Gasteiger partial charge in [-0.3, -0.25) is 0 Å². The van der Waals surface area contributed by atoms with Crippen molar-refractivity contribution in [3.63, 3.8) is 0 Å². The molecule has 24 heavy (non-hydrogen) atoms. The SMILES string of the molecule is CN1CCN(c2ncc(CNC3CCCC(C4CC4)C3)cn2)CC1. The van der Waals surface area contributed by atoms with E-state index >= 15 is 0 Å². The number of likely N-dealkylation sites (N-methyl/N-ethyl adjacent to an activating group) is 1. The third-order valence-corrected chi connectivity index (χ3v) is 6.08. The van der Waals surface area contributed by atoms with Crippen LogP contribution < -0.4 is 10.2 Å². The summed E-state index contributed by atoms with van der Waals surface area (Å²) in [5.41, 5.74) is 1.21. The summed E-state index contributed by atoms with van der Waals surface area (Å²) in [4.78, 5) is 13.8. The molecule has 1 aliphatic heterocycles. The van der Waals surface area contributed by atoms with Gasteiger partial charge in [0.25, 0.3) is 0 Å². The van der Waals surface area contributed by atoms with E-state index in [2.05, 4.69) is 32.1 Å². The number of piperazine rings is 1. The maximum Gasteiger partial charge on any atom is 0.225 e. The van der Waals surface area contributed by atoms with Crippen LogP contribution in [0, 0.1) is 11.8 Å². The Kier molecular flexibility index (Phi) is 4.99. The van der Waals surface area contributed by atoms with Crippen LogP contribution in [0.5, 0.6) is 0 Å². The second-order valence-corrected chi connectivity index (χ2v) is 8.02. The van der Waals surface area contributed by atoms with E-state index in [-0.39, 0.29) is 0 Å². The number of anilines is 1. The van der Waals surface area contributed by atoms with E-state index in [1.165, 1.54) is 44.1 Å². The van der Waals surface area contributed by atoms with Gasteiger partial charge in [-0.25, -0.2) is 9.97 Å². The number of rotatable bonds is 5. The summed E-state index contributed by atoms with van der Waals surface area (Å²) in [5.74, 6) is 2.94. The number of hydrogen-bond donors (Lipinski definition) is 1. The third-order valence-electron chi connectivity index (χ3n) is 6.08. The first kappa shape index (κ1) is 16.3. The Morgan fingerprint density at radius 1 is 1.00 bits per heavy atom. The first-order chi connectivity index (χ1) is 11.8. The second kappa shape index (κ2) is 7.36. The predicted molar refractivity (Wildman–Crippen MR) is 97.1 cm³/mol. The van der Waals surface area contributed by atoms with Gasteiger partial charge in [0, 0.05) is 56.7 Å². The molecule has 132 valence electrons. The molecule has 0 radical (unpaired) electrons. The van der Waals surface area contributed by atoms with Gasteiger partial charge < -0.3 is 15.1 Å². The Hall–Kier alpha value is -1.20. The van der Waals surface area contributed by atoms with Crippen LogP contribution in [-0.4, -0.2) is 54.1 Å². The van der Waals surface area contributed by atoms with Crippen LogP contribution in [0.25, 0.3) is 0 Å². The molecular weight excluding hydrogens is 298 g/mol. The molecule has 2 unspecified atom stereocenters. The van der Waals surface area contributed by atoms with Crippen molar-refractivity contribution in [2.24, 2.45) is 11.8 Å². The van der Waals surface area contributed by atoms with Crippen LogP contribution in [0.4, 0.5) is 5.95 Å². The highest BCUT2D eigenvalue weighted by atomic mass is 15.3. The van der Waals surface area contributed by atoms with Gasteiger partial charge in [-0.05, 0) is 44.6 Å². The van der Waals surface area contributed by atoms with Crippen LogP contribution in [-0.2, 0) is 6.54 Å². The molecule has 2 aliphatic carbocycles. The molecule has 3 aliphatic rings. The lowest BCUT2D eigenvalue weighted by Crippen LogP contribution is -2.45. The van der Waals surface area contributed by atoms with Crippen molar-refractivity contribution in [3.8, 4) is 0 Å². The molecule has 5 nitrogen and oxygen atoms in total. The predicted octanol–water partition coefficient (Wildman–Crippen LogP) is 2.29. The van der Waals surface area contributed by atoms with Crippen molar-refractivity contribution >= 4 is 5.95 Å². The molecule has 1 aromatic rings. The second-order valence-electron chi connectivity index (χ2n) is 8.02. The molecule has 0 amide bonds. The minimum absolute atomic E-state index is 0.696. The molecule has 4 rings (SSSR count). The standard InChI is InChI=1S/C19H31N5/c1-23-7-9-24(10-8-23)19-21-13-15(14-22-19)12-20-18-4-2-3-17(11-18)16-5-6-16/h13-14,16-18,20H,2-12H2,1H3.